The quantitative estimate of drug-likeness (QED) is 0.385. The third-order valence-corrected chi connectivity index (χ3v) is 4.90. The summed E-state index contributed by atoms with van der Waals surface area (Å²) in [5, 5.41) is 10.3. The maximum absolute atomic E-state index is 12.6. The first kappa shape index (κ1) is 22.1. The number of nitrogens with zero attached hydrogens (tertiary/aromatic N) is 1. The van der Waals surface area contributed by atoms with Crippen molar-refractivity contribution in [2.24, 2.45) is 0 Å². The lowest BCUT2D eigenvalue weighted by Crippen LogP contribution is -2.14. The van der Waals surface area contributed by atoms with Gasteiger partial charge in [0.05, 0.1) is 17.5 Å². The van der Waals surface area contributed by atoms with Crippen LogP contribution in [0.5, 0.6) is 5.75 Å². The number of carbonyl (C=O) groups excluding carboxylic acids is 2. The minimum Gasteiger partial charge on any atom is -0.485 e. The highest BCUT2D eigenvalue weighted by Crippen LogP contribution is 2.29. The van der Waals surface area contributed by atoms with Crippen molar-refractivity contribution in [1.29, 1.82) is 0 Å². The molecule has 4 rings (SSSR count). The van der Waals surface area contributed by atoms with Crippen LogP contribution in [0.15, 0.2) is 72.8 Å². The SMILES string of the molecule is O=C(Cc1ccccc1)Nc1n[nH]c2cc(OCC(=O)c3ccc(C(F)(F)F)cc3)ccc12. The zero-order valence-corrected chi connectivity index (χ0v) is 17.1. The molecular weight excluding hydrogens is 435 g/mol. The van der Waals surface area contributed by atoms with Crippen molar-refractivity contribution in [2.75, 3.05) is 11.9 Å². The van der Waals surface area contributed by atoms with Gasteiger partial charge in [0.15, 0.2) is 18.2 Å². The van der Waals surface area contributed by atoms with E-state index in [4.69, 9.17) is 4.74 Å². The van der Waals surface area contributed by atoms with Gasteiger partial charge in [-0.1, -0.05) is 42.5 Å². The largest absolute Gasteiger partial charge is 0.485 e. The van der Waals surface area contributed by atoms with Crippen LogP contribution in [0.2, 0.25) is 0 Å². The summed E-state index contributed by atoms with van der Waals surface area (Å²) in [5.74, 6) is 0.0752. The van der Waals surface area contributed by atoms with E-state index in [-0.39, 0.29) is 24.5 Å². The monoisotopic (exact) mass is 453 g/mol. The molecule has 0 unspecified atom stereocenters. The number of amides is 1. The van der Waals surface area contributed by atoms with Gasteiger partial charge in [0.25, 0.3) is 0 Å². The first-order valence-electron chi connectivity index (χ1n) is 9.95. The van der Waals surface area contributed by atoms with E-state index >= 15 is 0 Å². The van der Waals surface area contributed by atoms with Gasteiger partial charge in [-0.25, -0.2) is 0 Å². The molecule has 1 aromatic heterocycles. The molecule has 1 amide bonds. The van der Waals surface area contributed by atoms with Gasteiger partial charge in [0.1, 0.15) is 5.75 Å². The van der Waals surface area contributed by atoms with Gasteiger partial charge in [0.2, 0.25) is 5.91 Å². The second kappa shape index (κ2) is 9.15. The standard InChI is InChI=1S/C24H18F3N3O3/c25-24(26,27)17-8-6-16(7-9-17)21(31)14-33-18-10-11-19-20(13-18)29-30-23(19)28-22(32)12-15-4-2-1-3-5-15/h1-11,13H,12,14H2,(H2,28,29,30,32). The molecule has 0 atom stereocenters. The average Bonchev–Trinajstić information content (AvgIpc) is 3.19. The number of carbonyl (C=O) groups is 2. The van der Waals surface area contributed by atoms with Gasteiger partial charge in [-0.05, 0) is 29.8 Å². The number of rotatable bonds is 7. The van der Waals surface area contributed by atoms with E-state index < -0.39 is 17.5 Å². The van der Waals surface area contributed by atoms with Gasteiger partial charge in [-0.15, -0.1) is 0 Å². The van der Waals surface area contributed by atoms with Crippen molar-refractivity contribution in [3.05, 3.63) is 89.5 Å². The predicted molar refractivity (Wildman–Crippen MR) is 116 cm³/mol. The Labute approximate surface area is 186 Å². The fraction of sp³-hybridized carbons (Fsp3) is 0.125. The van der Waals surface area contributed by atoms with Crippen LogP contribution in [0, 0.1) is 0 Å². The Hall–Kier alpha value is -4.14. The fourth-order valence-electron chi connectivity index (χ4n) is 3.22. The van der Waals surface area contributed by atoms with E-state index in [2.05, 4.69) is 15.5 Å². The average molecular weight is 453 g/mol. The van der Waals surface area contributed by atoms with Gasteiger partial charge in [-0.2, -0.15) is 18.3 Å². The Morgan fingerprint density at radius 2 is 1.70 bits per heavy atom. The van der Waals surface area contributed by atoms with E-state index in [1.165, 1.54) is 0 Å². The number of hydrogen-bond donors (Lipinski definition) is 2. The molecule has 1 heterocycles. The van der Waals surface area contributed by atoms with Crippen molar-refractivity contribution >= 4 is 28.4 Å². The number of nitrogens with one attached hydrogen (secondary N) is 2. The molecule has 0 spiro atoms. The lowest BCUT2D eigenvalue weighted by Gasteiger charge is -2.08. The number of hydrogen-bond acceptors (Lipinski definition) is 4. The van der Waals surface area contributed by atoms with Gasteiger partial charge < -0.3 is 10.1 Å². The number of ketones is 1. The number of ether oxygens (including phenoxy) is 1. The van der Waals surface area contributed by atoms with E-state index in [0.717, 1.165) is 29.8 Å². The van der Waals surface area contributed by atoms with Crippen LogP contribution in [0.3, 0.4) is 0 Å². The summed E-state index contributed by atoms with van der Waals surface area (Å²) >= 11 is 0. The number of aromatic nitrogens is 2. The molecule has 33 heavy (non-hydrogen) atoms. The van der Waals surface area contributed by atoms with Crippen LogP contribution >= 0.6 is 0 Å². The predicted octanol–water partition coefficient (Wildman–Crippen LogP) is 5.02. The summed E-state index contributed by atoms with van der Waals surface area (Å²) in [7, 11) is 0. The van der Waals surface area contributed by atoms with Crippen LogP contribution in [-0.2, 0) is 17.4 Å². The lowest BCUT2D eigenvalue weighted by molar-refractivity contribution is -0.137. The molecule has 0 fully saturated rings. The minimum absolute atomic E-state index is 0.119. The van der Waals surface area contributed by atoms with E-state index in [9.17, 15) is 22.8 Å². The van der Waals surface area contributed by atoms with Crippen LogP contribution in [-0.4, -0.2) is 28.5 Å². The molecule has 2 N–H and O–H groups in total. The third kappa shape index (κ3) is 5.38. The van der Waals surface area contributed by atoms with Crippen LogP contribution in [0.4, 0.5) is 19.0 Å². The molecule has 4 aromatic rings. The van der Waals surface area contributed by atoms with E-state index in [1.807, 2.05) is 30.3 Å². The molecule has 3 aromatic carbocycles. The summed E-state index contributed by atoms with van der Waals surface area (Å²) in [6.07, 6.45) is -4.25. The van der Waals surface area contributed by atoms with E-state index in [0.29, 0.717) is 22.5 Å². The number of aromatic amines is 1. The molecule has 0 aliphatic heterocycles. The molecule has 9 heteroatoms. The molecule has 0 radical (unpaired) electrons. The van der Waals surface area contributed by atoms with Crippen molar-refractivity contribution in [1.82, 2.24) is 10.2 Å². The molecule has 0 bridgehead atoms. The van der Waals surface area contributed by atoms with Crippen molar-refractivity contribution < 1.29 is 27.5 Å². The molecule has 0 saturated carbocycles. The van der Waals surface area contributed by atoms with Crippen LogP contribution in [0.25, 0.3) is 10.9 Å². The minimum atomic E-state index is -4.46. The van der Waals surface area contributed by atoms with Gasteiger partial charge in [-0.3, -0.25) is 14.7 Å². The van der Waals surface area contributed by atoms with Crippen molar-refractivity contribution in [3.63, 3.8) is 0 Å². The normalized spacial score (nSPS) is 11.4. The summed E-state index contributed by atoms with van der Waals surface area (Å²) in [4.78, 5) is 24.5. The fourth-order valence-corrected chi connectivity index (χ4v) is 3.22. The molecule has 0 saturated heterocycles. The Balaban J connectivity index is 1.38. The second-order valence-electron chi connectivity index (χ2n) is 7.28. The lowest BCUT2D eigenvalue weighted by atomic mass is 10.1. The maximum atomic E-state index is 12.6. The van der Waals surface area contributed by atoms with Crippen LogP contribution in [0.1, 0.15) is 21.5 Å². The molecule has 6 nitrogen and oxygen atoms in total. The third-order valence-electron chi connectivity index (χ3n) is 4.90. The highest BCUT2D eigenvalue weighted by Gasteiger charge is 2.30. The number of benzene rings is 3. The maximum Gasteiger partial charge on any atom is 0.416 e. The second-order valence-corrected chi connectivity index (χ2v) is 7.28. The molecular formula is C24H18F3N3O3. The topological polar surface area (TPSA) is 84.1 Å². The number of anilines is 1. The highest BCUT2D eigenvalue weighted by molar-refractivity contribution is 6.00. The number of fused-ring (bicyclic) bond motifs is 1. The Morgan fingerprint density at radius 3 is 2.39 bits per heavy atom. The Morgan fingerprint density at radius 1 is 0.970 bits per heavy atom. The Kier molecular flexibility index (Phi) is 6.12. The zero-order valence-electron chi connectivity index (χ0n) is 17.1. The summed E-state index contributed by atoms with van der Waals surface area (Å²) in [5.41, 5.74) is 0.762. The number of halogens is 3. The highest BCUT2D eigenvalue weighted by atomic mass is 19.4. The molecule has 0 aliphatic rings. The number of H-pyrrole nitrogens is 1. The zero-order chi connectivity index (χ0) is 23.4. The van der Waals surface area contributed by atoms with Crippen molar-refractivity contribution in [3.8, 4) is 5.75 Å². The van der Waals surface area contributed by atoms with Gasteiger partial charge in [0, 0.05) is 17.0 Å². The first-order valence-corrected chi connectivity index (χ1v) is 9.95. The first-order chi connectivity index (χ1) is 15.8. The van der Waals surface area contributed by atoms with E-state index in [1.54, 1.807) is 18.2 Å². The number of Topliss-reactive ketones (excluding diaryl/α,β-unsaturated/α-hetero) is 1. The Bertz CT molecular complexity index is 1280. The number of alkyl halides is 3. The van der Waals surface area contributed by atoms with Crippen molar-refractivity contribution in [2.45, 2.75) is 12.6 Å². The summed E-state index contributed by atoms with van der Waals surface area (Å²) in [6, 6.07) is 18.2. The van der Waals surface area contributed by atoms with Gasteiger partial charge >= 0.3 is 6.18 Å². The molecule has 168 valence electrons. The molecule has 0 aliphatic carbocycles. The summed E-state index contributed by atoms with van der Waals surface area (Å²) in [6.45, 7) is -0.342. The van der Waals surface area contributed by atoms with Crippen LogP contribution < -0.4 is 10.1 Å². The smallest absolute Gasteiger partial charge is 0.416 e. The summed E-state index contributed by atoms with van der Waals surface area (Å²) < 4.78 is 43.4.